The molecule has 1 aromatic heterocycles. The molecule has 0 spiro atoms. The van der Waals surface area contributed by atoms with Crippen molar-refractivity contribution < 1.29 is 0 Å². The monoisotopic (exact) mass is 599 g/mol. The van der Waals surface area contributed by atoms with Crippen molar-refractivity contribution in [3.05, 3.63) is 150 Å². The molecule has 0 amide bonds. The molecule has 6 aromatic carbocycles. The van der Waals surface area contributed by atoms with E-state index in [2.05, 4.69) is 146 Å². The number of hydrogen-bond acceptors (Lipinski definition) is 3. The Morgan fingerprint density at radius 2 is 1.43 bits per heavy atom. The number of thiophene rings is 1. The highest BCUT2D eigenvalue weighted by molar-refractivity contribution is 8.00. The lowest BCUT2D eigenvalue weighted by Crippen LogP contribution is -2.25. The molecular weight excluding hydrogens is 571 g/mol. The van der Waals surface area contributed by atoms with Crippen molar-refractivity contribution in [3.63, 3.8) is 0 Å². The number of nitrogens with zero attached hydrogens (tertiary/aromatic N) is 1. The van der Waals surface area contributed by atoms with Gasteiger partial charge in [-0.2, -0.15) is 0 Å². The van der Waals surface area contributed by atoms with E-state index >= 15 is 0 Å². The van der Waals surface area contributed by atoms with Gasteiger partial charge in [0.1, 0.15) is 0 Å². The number of benzene rings is 6. The zero-order valence-electron chi connectivity index (χ0n) is 24.5. The first-order valence-corrected chi connectivity index (χ1v) is 17.1. The van der Waals surface area contributed by atoms with Crippen LogP contribution in [0.1, 0.15) is 42.0 Å². The van der Waals surface area contributed by atoms with E-state index in [9.17, 15) is 0 Å². The largest absolute Gasteiger partial charge is 0.327 e. The lowest BCUT2D eigenvalue weighted by molar-refractivity contribution is 0.660. The fourth-order valence-corrected chi connectivity index (χ4v) is 10.9. The second-order valence-electron chi connectivity index (χ2n) is 12.8. The van der Waals surface area contributed by atoms with Crippen LogP contribution in [-0.2, 0) is 5.41 Å². The van der Waals surface area contributed by atoms with E-state index in [1.807, 2.05) is 23.1 Å². The quantitative estimate of drug-likeness (QED) is 0.194. The third-order valence-corrected chi connectivity index (χ3v) is 12.8. The van der Waals surface area contributed by atoms with Gasteiger partial charge in [0.2, 0.25) is 0 Å². The summed E-state index contributed by atoms with van der Waals surface area (Å²) in [6.07, 6.45) is 0. The summed E-state index contributed by atoms with van der Waals surface area (Å²) in [6.45, 7) is 4.76. The summed E-state index contributed by atoms with van der Waals surface area (Å²) in [6, 6.07) is 47.8. The number of fused-ring (bicyclic) bond motifs is 12. The van der Waals surface area contributed by atoms with Gasteiger partial charge in [-0.1, -0.05) is 117 Å². The van der Waals surface area contributed by atoms with Crippen LogP contribution in [0, 0.1) is 0 Å². The first-order valence-electron chi connectivity index (χ1n) is 15.4. The predicted molar refractivity (Wildman–Crippen MR) is 189 cm³/mol. The minimum absolute atomic E-state index is 0.0262. The molecule has 1 nitrogen and oxygen atoms in total. The zero-order chi connectivity index (χ0) is 29.2. The molecule has 7 aromatic rings. The zero-order valence-corrected chi connectivity index (χ0v) is 26.2. The molecular formula is C41H29NS2. The molecule has 3 heteroatoms. The summed E-state index contributed by atoms with van der Waals surface area (Å²) in [5.74, 6) is 0.329. The molecule has 3 aliphatic rings. The second-order valence-corrected chi connectivity index (χ2v) is 15.1. The number of hydrogen-bond donors (Lipinski definition) is 0. The third kappa shape index (κ3) is 3.26. The fourth-order valence-electron chi connectivity index (χ4n) is 8.13. The van der Waals surface area contributed by atoms with Crippen molar-refractivity contribution in [3.8, 4) is 22.3 Å². The van der Waals surface area contributed by atoms with Crippen molar-refractivity contribution in [2.75, 3.05) is 4.90 Å². The first-order chi connectivity index (χ1) is 21.6. The molecule has 0 saturated heterocycles. The molecule has 2 unspecified atom stereocenters. The smallest absolute Gasteiger partial charge is 0.0956 e. The van der Waals surface area contributed by atoms with Crippen LogP contribution in [0.2, 0.25) is 0 Å². The van der Waals surface area contributed by atoms with Crippen molar-refractivity contribution in [1.82, 2.24) is 0 Å². The maximum Gasteiger partial charge on any atom is 0.0956 e. The van der Waals surface area contributed by atoms with Gasteiger partial charge in [-0.05, 0) is 75.3 Å². The van der Waals surface area contributed by atoms with Crippen molar-refractivity contribution in [1.29, 1.82) is 0 Å². The van der Waals surface area contributed by atoms with Crippen LogP contribution < -0.4 is 4.90 Å². The van der Waals surface area contributed by atoms with Crippen LogP contribution >= 0.6 is 23.1 Å². The molecule has 0 fully saturated rings. The molecule has 1 aliphatic carbocycles. The maximum absolute atomic E-state index is 2.66. The molecule has 2 aliphatic heterocycles. The number of rotatable bonds is 2. The van der Waals surface area contributed by atoms with E-state index in [4.69, 9.17) is 0 Å². The second kappa shape index (κ2) is 8.88. The Morgan fingerprint density at radius 3 is 2.34 bits per heavy atom. The molecule has 3 heterocycles. The standard InChI is InChI=1S/C41H29NS2/c1-41(2)32-14-8-6-12-27(32)28-18-17-26(23-33(28)41)42-34-20-19-29-31-22-25(24-10-4-3-5-11-24)16-21-36(31)43-39(29)38(34)37-30-13-7-9-15-35(30)44-40(37)42/h3-23,37,40H,1-2H3. The van der Waals surface area contributed by atoms with Gasteiger partial charge in [0.15, 0.2) is 0 Å². The summed E-state index contributed by atoms with van der Waals surface area (Å²) >= 11 is 4.00. The van der Waals surface area contributed by atoms with Crippen LogP contribution in [0.15, 0.2) is 132 Å². The highest BCUT2D eigenvalue weighted by atomic mass is 32.2. The Balaban J connectivity index is 1.19. The molecule has 210 valence electrons. The summed E-state index contributed by atoms with van der Waals surface area (Å²) in [5, 5.41) is 3.03. The van der Waals surface area contributed by atoms with E-state index in [0.717, 1.165) is 0 Å². The molecule has 0 N–H and O–H groups in total. The van der Waals surface area contributed by atoms with Crippen LogP contribution in [0.3, 0.4) is 0 Å². The van der Waals surface area contributed by atoms with Crippen LogP contribution in [-0.4, -0.2) is 5.37 Å². The number of anilines is 2. The maximum atomic E-state index is 2.66. The number of thioether (sulfide) groups is 1. The highest BCUT2D eigenvalue weighted by Gasteiger charge is 2.48. The minimum atomic E-state index is -0.0262. The van der Waals surface area contributed by atoms with Gasteiger partial charge in [-0.3, -0.25) is 0 Å². The van der Waals surface area contributed by atoms with E-state index < -0.39 is 0 Å². The normalized spacial score (nSPS) is 18.7. The Morgan fingerprint density at radius 1 is 0.636 bits per heavy atom. The van der Waals surface area contributed by atoms with Crippen LogP contribution in [0.4, 0.5) is 11.4 Å². The molecule has 0 saturated carbocycles. The third-order valence-electron chi connectivity index (χ3n) is 10.2. The van der Waals surface area contributed by atoms with Gasteiger partial charge in [0, 0.05) is 53.3 Å². The summed E-state index contributed by atoms with van der Waals surface area (Å²) in [7, 11) is 0. The van der Waals surface area contributed by atoms with Gasteiger partial charge in [0.05, 0.1) is 5.37 Å². The summed E-state index contributed by atoms with van der Waals surface area (Å²) in [4.78, 5) is 4.07. The Kier molecular flexibility index (Phi) is 5.06. The van der Waals surface area contributed by atoms with Crippen molar-refractivity contribution >= 4 is 54.6 Å². The Hall–Kier alpha value is -4.31. The van der Waals surface area contributed by atoms with Gasteiger partial charge in [0.25, 0.3) is 0 Å². The Labute approximate surface area is 265 Å². The Bertz CT molecular complexity index is 2310. The van der Waals surface area contributed by atoms with Gasteiger partial charge >= 0.3 is 0 Å². The van der Waals surface area contributed by atoms with Gasteiger partial charge in [-0.25, -0.2) is 0 Å². The van der Waals surface area contributed by atoms with Gasteiger partial charge < -0.3 is 4.90 Å². The molecule has 0 radical (unpaired) electrons. The minimum Gasteiger partial charge on any atom is -0.327 e. The average Bonchev–Trinajstić information content (AvgIpc) is 3.77. The van der Waals surface area contributed by atoms with E-state index in [0.29, 0.717) is 11.3 Å². The van der Waals surface area contributed by atoms with Crippen molar-refractivity contribution in [2.45, 2.75) is 35.4 Å². The highest BCUT2D eigenvalue weighted by Crippen LogP contribution is 2.62. The van der Waals surface area contributed by atoms with E-state index in [-0.39, 0.29) is 5.41 Å². The van der Waals surface area contributed by atoms with Crippen molar-refractivity contribution in [2.24, 2.45) is 0 Å². The fraction of sp³-hybridized carbons (Fsp3) is 0.122. The lowest BCUT2D eigenvalue weighted by atomic mass is 9.82. The van der Waals surface area contributed by atoms with Gasteiger partial charge in [-0.15, -0.1) is 11.3 Å². The first kappa shape index (κ1) is 25.1. The molecule has 0 bridgehead atoms. The van der Waals surface area contributed by atoms with Crippen LogP contribution in [0.5, 0.6) is 0 Å². The predicted octanol–water partition coefficient (Wildman–Crippen LogP) is 11.7. The molecule has 44 heavy (non-hydrogen) atoms. The summed E-state index contributed by atoms with van der Waals surface area (Å²) in [5.41, 5.74) is 13.8. The van der Waals surface area contributed by atoms with E-state index in [1.165, 1.54) is 81.0 Å². The SMILES string of the molecule is CC1(C)c2ccccc2-c2ccc(N3c4ccc5c(sc6ccc(-c7ccccc7)cc65)c4C4c5ccccc5SC43)cc21. The van der Waals surface area contributed by atoms with Crippen LogP contribution in [0.25, 0.3) is 42.4 Å². The summed E-state index contributed by atoms with van der Waals surface area (Å²) < 4.78 is 2.80. The topological polar surface area (TPSA) is 3.24 Å². The molecule has 10 rings (SSSR count). The lowest BCUT2D eigenvalue weighted by Gasteiger charge is -2.29. The molecule has 2 atom stereocenters. The van der Waals surface area contributed by atoms with E-state index in [1.54, 1.807) is 0 Å². The average molecular weight is 600 g/mol.